The molecule has 1 aromatic heterocycles. The molecule has 0 amide bonds. The first kappa shape index (κ1) is 11.5. The molecule has 0 aliphatic carbocycles. The van der Waals surface area contributed by atoms with Gasteiger partial charge in [0, 0.05) is 12.1 Å². The molecule has 1 heterocycles. The molecule has 2 rings (SSSR count). The third-order valence-electron chi connectivity index (χ3n) is 2.51. The van der Waals surface area contributed by atoms with Crippen LogP contribution in [0, 0.1) is 5.82 Å². The van der Waals surface area contributed by atoms with Crippen molar-refractivity contribution < 1.29 is 4.39 Å². The van der Waals surface area contributed by atoms with Gasteiger partial charge in [0.25, 0.3) is 0 Å². The third kappa shape index (κ3) is 2.41. The van der Waals surface area contributed by atoms with Gasteiger partial charge in [-0.25, -0.2) is 9.07 Å². The minimum Gasteiger partial charge on any atom is -0.396 e. The number of benzene rings is 1. The molecule has 2 aromatic rings. The van der Waals surface area contributed by atoms with E-state index in [0.29, 0.717) is 11.4 Å². The van der Waals surface area contributed by atoms with E-state index in [9.17, 15) is 4.39 Å². The fourth-order valence-electron chi connectivity index (χ4n) is 1.54. The lowest BCUT2D eigenvalue weighted by Gasteiger charge is -2.04. The maximum atomic E-state index is 13.4. The van der Waals surface area contributed by atoms with Crippen LogP contribution in [0.25, 0.3) is 11.4 Å². The van der Waals surface area contributed by atoms with Crippen LogP contribution >= 0.6 is 0 Å². The van der Waals surface area contributed by atoms with Crippen molar-refractivity contribution >= 4 is 5.69 Å². The summed E-state index contributed by atoms with van der Waals surface area (Å²) in [6, 6.07) is 4.58. The summed E-state index contributed by atoms with van der Waals surface area (Å²) in [5.74, 6) is 0.116. The summed E-state index contributed by atoms with van der Waals surface area (Å²) in [7, 11) is 0. The molecule has 1 aromatic carbocycles. The van der Waals surface area contributed by atoms with Gasteiger partial charge in [0.15, 0.2) is 5.82 Å². The van der Waals surface area contributed by atoms with Crippen LogP contribution in [0.3, 0.4) is 0 Å². The zero-order chi connectivity index (χ0) is 12.3. The number of anilines is 1. The molecule has 17 heavy (non-hydrogen) atoms. The third-order valence-corrected chi connectivity index (χ3v) is 2.51. The van der Waals surface area contributed by atoms with E-state index >= 15 is 0 Å². The minimum absolute atomic E-state index is 0.126. The van der Waals surface area contributed by atoms with Gasteiger partial charge in [0.2, 0.25) is 0 Å². The molecular formula is C11H14FN5. The van der Waals surface area contributed by atoms with Crippen LogP contribution in [0.15, 0.2) is 18.2 Å². The number of aryl methyl sites for hydroxylation is 1. The summed E-state index contributed by atoms with van der Waals surface area (Å²) in [4.78, 5) is 0. The van der Waals surface area contributed by atoms with E-state index in [-0.39, 0.29) is 5.69 Å². The summed E-state index contributed by atoms with van der Waals surface area (Å²) in [6.45, 7) is 2.82. The maximum Gasteiger partial charge on any atom is 0.182 e. The lowest BCUT2D eigenvalue weighted by Crippen LogP contribution is -2.03. The Kier molecular flexibility index (Phi) is 3.32. The lowest BCUT2D eigenvalue weighted by atomic mass is 10.2. The maximum absolute atomic E-state index is 13.4. The van der Waals surface area contributed by atoms with Crippen LogP contribution < -0.4 is 5.73 Å². The highest BCUT2D eigenvalue weighted by Gasteiger charge is 2.10. The topological polar surface area (TPSA) is 69.6 Å². The molecule has 0 fully saturated rings. The van der Waals surface area contributed by atoms with E-state index in [4.69, 9.17) is 5.73 Å². The van der Waals surface area contributed by atoms with E-state index < -0.39 is 5.82 Å². The summed E-state index contributed by atoms with van der Waals surface area (Å²) in [6.07, 6.45) is 2.03. The molecule has 0 aliphatic rings. The number of hydrogen-bond acceptors (Lipinski definition) is 4. The molecule has 0 radical (unpaired) electrons. The van der Waals surface area contributed by atoms with Gasteiger partial charge >= 0.3 is 0 Å². The number of rotatable bonds is 4. The average molecular weight is 235 g/mol. The van der Waals surface area contributed by atoms with Gasteiger partial charge in [-0.1, -0.05) is 13.3 Å². The first-order valence-electron chi connectivity index (χ1n) is 5.54. The summed E-state index contributed by atoms with van der Waals surface area (Å²) >= 11 is 0. The second-order valence-electron chi connectivity index (χ2n) is 3.82. The number of nitrogen functional groups attached to an aromatic ring is 1. The summed E-state index contributed by atoms with van der Waals surface area (Å²) in [5.41, 5.74) is 6.19. The van der Waals surface area contributed by atoms with Crippen molar-refractivity contribution in [1.29, 1.82) is 0 Å². The van der Waals surface area contributed by atoms with Crippen LogP contribution in [0.2, 0.25) is 0 Å². The highest BCUT2D eigenvalue weighted by molar-refractivity contribution is 5.58. The average Bonchev–Trinajstić information content (AvgIpc) is 2.78. The molecule has 0 saturated carbocycles. The number of hydrogen-bond donors (Lipinski definition) is 1. The van der Waals surface area contributed by atoms with Gasteiger partial charge in [-0.15, -0.1) is 5.10 Å². The van der Waals surface area contributed by atoms with Crippen molar-refractivity contribution in [3.8, 4) is 11.4 Å². The number of unbranched alkanes of at least 4 members (excludes halogenated alkanes) is 1. The number of nitrogens with zero attached hydrogens (tertiary/aromatic N) is 4. The molecule has 5 nitrogen and oxygen atoms in total. The number of aromatic nitrogens is 4. The van der Waals surface area contributed by atoms with Crippen LogP contribution in [0.4, 0.5) is 10.1 Å². The van der Waals surface area contributed by atoms with Crippen molar-refractivity contribution in [1.82, 2.24) is 20.2 Å². The van der Waals surface area contributed by atoms with Gasteiger partial charge < -0.3 is 5.73 Å². The molecule has 0 bridgehead atoms. The van der Waals surface area contributed by atoms with E-state index in [1.807, 2.05) is 0 Å². The van der Waals surface area contributed by atoms with Crippen LogP contribution in [-0.4, -0.2) is 20.2 Å². The normalized spacial score (nSPS) is 10.7. The predicted molar refractivity (Wildman–Crippen MR) is 62.5 cm³/mol. The second kappa shape index (κ2) is 4.90. The van der Waals surface area contributed by atoms with E-state index in [1.165, 1.54) is 12.1 Å². The zero-order valence-electron chi connectivity index (χ0n) is 9.60. The fourth-order valence-corrected chi connectivity index (χ4v) is 1.54. The fraction of sp³-hybridized carbons (Fsp3) is 0.364. The van der Waals surface area contributed by atoms with E-state index in [2.05, 4.69) is 22.4 Å². The molecule has 0 spiro atoms. The molecule has 0 saturated heterocycles. The number of nitrogens with two attached hydrogens (primary N) is 1. The summed E-state index contributed by atoms with van der Waals surface area (Å²) in [5, 5.41) is 11.4. The smallest absolute Gasteiger partial charge is 0.182 e. The van der Waals surface area contributed by atoms with Crippen LogP contribution in [0.1, 0.15) is 19.8 Å². The Morgan fingerprint density at radius 3 is 2.94 bits per heavy atom. The molecule has 2 N–H and O–H groups in total. The van der Waals surface area contributed by atoms with Gasteiger partial charge in [-0.2, -0.15) is 0 Å². The Bertz CT molecular complexity index is 508. The van der Waals surface area contributed by atoms with E-state index in [1.54, 1.807) is 10.7 Å². The molecule has 6 heteroatoms. The van der Waals surface area contributed by atoms with Crippen molar-refractivity contribution in [2.24, 2.45) is 0 Å². The predicted octanol–water partition coefficient (Wildman–Crippen LogP) is 1.86. The van der Waals surface area contributed by atoms with Crippen molar-refractivity contribution in [2.75, 3.05) is 5.73 Å². The van der Waals surface area contributed by atoms with Crippen molar-refractivity contribution in [2.45, 2.75) is 26.3 Å². The van der Waals surface area contributed by atoms with Crippen LogP contribution in [0.5, 0.6) is 0 Å². The van der Waals surface area contributed by atoms with Gasteiger partial charge in [-0.05, 0) is 35.0 Å². The standard InChI is InChI=1S/C11H14FN5/c1-2-3-6-17-11(14-15-16-17)8-4-5-10(13)9(12)7-8/h4-5,7H,2-3,6,13H2,1H3. The number of halogens is 1. The second-order valence-corrected chi connectivity index (χ2v) is 3.82. The molecular weight excluding hydrogens is 221 g/mol. The Morgan fingerprint density at radius 2 is 2.24 bits per heavy atom. The van der Waals surface area contributed by atoms with E-state index in [0.717, 1.165) is 19.4 Å². The Morgan fingerprint density at radius 1 is 1.41 bits per heavy atom. The Labute approximate surface area is 98.4 Å². The van der Waals surface area contributed by atoms with Crippen molar-refractivity contribution in [3.63, 3.8) is 0 Å². The molecule has 0 atom stereocenters. The summed E-state index contributed by atoms with van der Waals surface area (Å²) < 4.78 is 15.0. The number of tetrazole rings is 1. The molecule has 90 valence electrons. The highest BCUT2D eigenvalue weighted by atomic mass is 19.1. The lowest BCUT2D eigenvalue weighted by molar-refractivity contribution is 0.557. The highest BCUT2D eigenvalue weighted by Crippen LogP contribution is 2.20. The molecule has 0 aliphatic heterocycles. The van der Waals surface area contributed by atoms with Gasteiger partial charge in [-0.3, -0.25) is 0 Å². The van der Waals surface area contributed by atoms with Crippen molar-refractivity contribution in [3.05, 3.63) is 24.0 Å². The van der Waals surface area contributed by atoms with Crippen LogP contribution in [-0.2, 0) is 6.54 Å². The first-order chi connectivity index (χ1) is 8.22. The quantitative estimate of drug-likeness (QED) is 0.821. The Hall–Kier alpha value is -1.98. The molecule has 0 unspecified atom stereocenters. The van der Waals surface area contributed by atoms with Gasteiger partial charge in [0.05, 0.1) is 5.69 Å². The van der Waals surface area contributed by atoms with Gasteiger partial charge in [0.1, 0.15) is 5.82 Å². The SMILES string of the molecule is CCCCn1nnnc1-c1ccc(N)c(F)c1. The zero-order valence-corrected chi connectivity index (χ0v) is 9.60. The monoisotopic (exact) mass is 235 g/mol. The first-order valence-corrected chi connectivity index (χ1v) is 5.54. The minimum atomic E-state index is -0.451. The largest absolute Gasteiger partial charge is 0.396 e. The Balaban J connectivity index is 2.32.